The Morgan fingerprint density at radius 2 is 2.19 bits per heavy atom. The molecule has 108 valence electrons. The van der Waals surface area contributed by atoms with E-state index in [2.05, 4.69) is 30.9 Å². The van der Waals surface area contributed by atoms with Gasteiger partial charge in [0.05, 0.1) is 16.6 Å². The number of nitrogen functional groups attached to an aromatic ring is 1. The molecule has 0 aliphatic heterocycles. The number of anilines is 2. The van der Waals surface area contributed by atoms with Crippen LogP contribution in [-0.4, -0.2) is 20.2 Å². The minimum atomic E-state index is -0.450. The first-order valence-corrected chi connectivity index (χ1v) is 6.40. The van der Waals surface area contributed by atoms with E-state index in [-0.39, 0.29) is 11.0 Å². The van der Waals surface area contributed by atoms with Crippen molar-refractivity contribution in [2.24, 2.45) is 5.84 Å². The number of hydrazine groups is 1. The molecule has 0 atom stereocenters. The van der Waals surface area contributed by atoms with Crippen LogP contribution in [0.2, 0.25) is 5.02 Å². The average molecular weight is 308 g/mol. The summed E-state index contributed by atoms with van der Waals surface area (Å²) in [6.07, 6.45) is 1.61. The maximum Gasteiger partial charge on any atom is 0.241 e. The molecule has 0 spiro atoms. The van der Waals surface area contributed by atoms with Crippen LogP contribution < -0.4 is 16.6 Å². The lowest BCUT2D eigenvalue weighted by molar-refractivity contribution is 0.627. The molecule has 21 heavy (non-hydrogen) atoms. The molecular weight excluding hydrogens is 297 g/mol. The van der Waals surface area contributed by atoms with Crippen molar-refractivity contribution in [3.63, 3.8) is 0 Å². The fourth-order valence-corrected chi connectivity index (χ4v) is 2.07. The largest absolute Gasteiger partial charge is 0.365 e. The molecule has 0 radical (unpaired) electrons. The predicted molar refractivity (Wildman–Crippen MR) is 78.2 cm³/mol. The van der Waals surface area contributed by atoms with Gasteiger partial charge in [-0.05, 0) is 17.7 Å². The normalized spacial score (nSPS) is 10.8. The van der Waals surface area contributed by atoms with Gasteiger partial charge in [0.1, 0.15) is 11.6 Å². The van der Waals surface area contributed by atoms with Gasteiger partial charge in [0.25, 0.3) is 0 Å². The molecule has 0 amide bonds. The number of hydrogen-bond acceptors (Lipinski definition) is 6. The summed E-state index contributed by atoms with van der Waals surface area (Å²) in [6, 6.07) is 4.52. The zero-order chi connectivity index (χ0) is 14.8. The molecule has 0 unspecified atom stereocenters. The number of benzene rings is 1. The maximum absolute atomic E-state index is 13.1. The van der Waals surface area contributed by atoms with Gasteiger partial charge >= 0.3 is 0 Å². The molecule has 0 aliphatic carbocycles. The van der Waals surface area contributed by atoms with Gasteiger partial charge in [-0.1, -0.05) is 17.7 Å². The molecular formula is C12H11ClFN7. The summed E-state index contributed by atoms with van der Waals surface area (Å²) < 4.78 is 13.1. The van der Waals surface area contributed by atoms with Gasteiger partial charge < -0.3 is 5.32 Å². The summed E-state index contributed by atoms with van der Waals surface area (Å²) in [6.45, 7) is 0.418. The molecule has 2 heterocycles. The van der Waals surface area contributed by atoms with E-state index in [1.807, 2.05) is 0 Å². The molecule has 2 aromatic heterocycles. The number of nitrogens with two attached hydrogens (primary N) is 1. The number of aromatic amines is 1. The smallest absolute Gasteiger partial charge is 0.241 e. The van der Waals surface area contributed by atoms with E-state index in [4.69, 9.17) is 17.4 Å². The summed E-state index contributed by atoms with van der Waals surface area (Å²) >= 11 is 5.75. The average Bonchev–Trinajstić information content (AvgIpc) is 2.96. The van der Waals surface area contributed by atoms with E-state index in [0.29, 0.717) is 18.0 Å². The van der Waals surface area contributed by atoms with Gasteiger partial charge in [-0.25, -0.2) is 10.2 Å². The Morgan fingerprint density at radius 1 is 1.33 bits per heavy atom. The Labute approximate surface area is 123 Å². The predicted octanol–water partition coefficient (Wildman–Crippen LogP) is 2.04. The Hall–Kier alpha value is -2.45. The first-order valence-electron chi connectivity index (χ1n) is 6.03. The minimum Gasteiger partial charge on any atom is -0.365 e. The number of H-pyrrole nitrogens is 1. The number of rotatable bonds is 4. The van der Waals surface area contributed by atoms with Crippen LogP contribution in [0, 0.1) is 5.82 Å². The maximum atomic E-state index is 13.1. The van der Waals surface area contributed by atoms with Crippen molar-refractivity contribution >= 4 is 34.4 Å². The first-order chi connectivity index (χ1) is 10.2. The highest BCUT2D eigenvalue weighted by atomic mass is 35.5. The topological polar surface area (TPSA) is 105 Å². The van der Waals surface area contributed by atoms with Gasteiger partial charge in [0.2, 0.25) is 5.95 Å². The summed E-state index contributed by atoms with van der Waals surface area (Å²) in [5.74, 6) is 5.69. The number of aromatic nitrogens is 4. The molecule has 1 aromatic carbocycles. The van der Waals surface area contributed by atoms with Crippen LogP contribution in [0.15, 0.2) is 24.4 Å². The van der Waals surface area contributed by atoms with E-state index < -0.39 is 5.82 Å². The van der Waals surface area contributed by atoms with Gasteiger partial charge in [-0.15, -0.1) is 0 Å². The van der Waals surface area contributed by atoms with Gasteiger partial charge in [-0.3, -0.25) is 10.5 Å². The molecule has 0 saturated heterocycles. The third-order valence-corrected chi connectivity index (χ3v) is 3.17. The van der Waals surface area contributed by atoms with Crippen molar-refractivity contribution in [2.45, 2.75) is 6.54 Å². The Bertz CT molecular complexity index is 788. The van der Waals surface area contributed by atoms with Crippen molar-refractivity contribution in [1.29, 1.82) is 0 Å². The highest BCUT2D eigenvalue weighted by Gasteiger charge is 2.09. The van der Waals surface area contributed by atoms with Gasteiger partial charge in [-0.2, -0.15) is 15.1 Å². The molecule has 3 aromatic rings. The Balaban J connectivity index is 1.87. The van der Waals surface area contributed by atoms with E-state index >= 15 is 0 Å². The van der Waals surface area contributed by atoms with Crippen molar-refractivity contribution in [1.82, 2.24) is 20.2 Å². The van der Waals surface area contributed by atoms with Crippen LogP contribution in [0.5, 0.6) is 0 Å². The lowest BCUT2D eigenvalue weighted by atomic mass is 10.2. The zero-order valence-corrected chi connectivity index (χ0v) is 11.4. The SMILES string of the molecule is NNc1nc(NCc2ccc(F)c(Cl)c2)c2cn[nH]c2n1. The molecule has 7 nitrogen and oxygen atoms in total. The van der Waals surface area contributed by atoms with Crippen LogP contribution >= 0.6 is 11.6 Å². The number of nitrogens with zero attached hydrogens (tertiary/aromatic N) is 3. The van der Waals surface area contributed by atoms with Crippen molar-refractivity contribution in [3.05, 3.63) is 40.8 Å². The molecule has 0 saturated carbocycles. The zero-order valence-electron chi connectivity index (χ0n) is 10.7. The molecule has 0 bridgehead atoms. The van der Waals surface area contributed by atoms with Crippen LogP contribution in [-0.2, 0) is 6.54 Å². The first kappa shape index (κ1) is 13.5. The summed E-state index contributed by atoms with van der Waals surface area (Å²) in [4.78, 5) is 8.34. The Kier molecular flexibility index (Phi) is 3.55. The van der Waals surface area contributed by atoms with E-state index in [0.717, 1.165) is 10.9 Å². The van der Waals surface area contributed by atoms with E-state index in [1.165, 1.54) is 6.07 Å². The third-order valence-electron chi connectivity index (χ3n) is 2.88. The molecule has 0 fully saturated rings. The number of halogens is 2. The van der Waals surface area contributed by atoms with Crippen LogP contribution in [0.4, 0.5) is 16.2 Å². The van der Waals surface area contributed by atoms with Crippen molar-refractivity contribution in [2.75, 3.05) is 10.7 Å². The van der Waals surface area contributed by atoms with E-state index in [9.17, 15) is 4.39 Å². The number of nitrogens with one attached hydrogen (secondary N) is 3. The highest BCUT2D eigenvalue weighted by Crippen LogP contribution is 2.21. The lowest BCUT2D eigenvalue weighted by Crippen LogP contribution is -2.12. The highest BCUT2D eigenvalue weighted by molar-refractivity contribution is 6.30. The standard InChI is InChI=1S/C12H11ClFN7/c13-8-3-6(1-2-9(8)14)4-16-10-7-5-17-21-11(7)19-12(18-10)20-15/h1-3,5H,4,15H2,(H3,16,17,18,19,20,21). The number of hydrogen-bond donors (Lipinski definition) is 4. The fourth-order valence-electron chi connectivity index (χ4n) is 1.87. The molecule has 0 aliphatic rings. The number of fused-ring (bicyclic) bond motifs is 1. The second-order valence-corrected chi connectivity index (χ2v) is 4.68. The summed E-state index contributed by atoms with van der Waals surface area (Å²) in [5.41, 5.74) is 3.76. The second kappa shape index (κ2) is 5.51. The van der Waals surface area contributed by atoms with Crippen LogP contribution in [0.25, 0.3) is 11.0 Å². The minimum absolute atomic E-state index is 0.0785. The van der Waals surface area contributed by atoms with Crippen LogP contribution in [0.1, 0.15) is 5.56 Å². The second-order valence-electron chi connectivity index (χ2n) is 4.27. The van der Waals surface area contributed by atoms with Crippen LogP contribution in [0.3, 0.4) is 0 Å². The fraction of sp³-hybridized carbons (Fsp3) is 0.0833. The van der Waals surface area contributed by atoms with E-state index in [1.54, 1.807) is 18.3 Å². The molecule has 9 heteroatoms. The Morgan fingerprint density at radius 3 is 2.95 bits per heavy atom. The summed E-state index contributed by atoms with van der Waals surface area (Å²) in [5, 5.41) is 10.6. The van der Waals surface area contributed by atoms with Crippen molar-refractivity contribution < 1.29 is 4.39 Å². The van der Waals surface area contributed by atoms with Gasteiger partial charge in [0.15, 0.2) is 5.65 Å². The van der Waals surface area contributed by atoms with Gasteiger partial charge in [0, 0.05) is 6.54 Å². The van der Waals surface area contributed by atoms with Crippen molar-refractivity contribution in [3.8, 4) is 0 Å². The third kappa shape index (κ3) is 2.71. The quantitative estimate of drug-likeness (QED) is 0.434. The molecule has 3 rings (SSSR count). The lowest BCUT2D eigenvalue weighted by Gasteiger charge is -2.08. The summed E-state index contributed by atoms with van der Waals surface area (Å²) in [7, 11) is 0. The molecule has 5 N–H and O–H groups in total. The monoisotopic (exact) mass is 307 g/mol.